The fraction of sp³-hybridized carbons (Fsp3) is 0.455. The number of nitriles is 1. The van der Waals surface area contributed by atoms with E-state index in [-0.39, 0.29) is 6.04 Å². The van der Waals surface area contributed by atoms with Gasteiger partial charge in [0.2, 0.25) is 5.13 Å². The monoisotopic (exact) mass is 260 g/mol. The first-order chi connectivity index (χ1) is 8.69. The lowest BCUT2D eigenvalue weighted by Gasteiger charge is -2.04. The molecule has 1 saturated carbocycles. The minimum Gasteiger partial charge on any atom is -0.322 e. The van der Waals surface area contributed by atoms with E-state index in [1.807, 2.05) is 6.92 Å². The van der Waals surface area contributed by atoms with Crippen molar-refractivity contribution in [3.05, 3.63) is 22.7 Å². The van der Waals surface area contributed by atoms with E-state index in [0.717, 1.165) is 18.7 Å². The van der Waals surface area contributed by atoms with Crippen molar-refractivity contribution < 1.29 is 0 Å². The summed E-state index contributed by atoms with van der Waals surface area (Å²) in [4.78, 5) is 9.25. The van der Waals surface area contributed by atoms with Gasteiger partial charge in [-0.25, -0.2) is 9.97 Å². The summed E-state index contributed by atoms with van der Waals surface area (Å²) in [6.07, 6.45) is 3.83. The van der Waals surface area contributed by atoms with Gasteiger partial charge in [0.25, 0.3) is 0 Å². The van der Waals surface area contributed by atoms with Crippen LogP contribution < -0.4 is 5.73 Å². The Kier molecular flexibility index (Phi) is 2.61. The molecule has 7 heteroatoms. The highest BCUT2D eigenvalue weighted by atomic mass is 32.1. The van der Waals surface area contributed by atoms with E-state index in [1.54, 1.807) is 10.9 Å². The molecule has 1 atom stereocenters. The molecular formula is C11H12N6S. The van der Waals surface area contributed by atoms with Crippen LogP contribution in [0.2, 0.25) is 0 Å². The maximum atomic E-state index is 8.83. The van der Waals surface area contributed by atoms with Crippen LogP contribution in [0.25, 0.3) is 5.13 Å². The van der Waals surface area contributed by atoms with Gasteiger partial charge in [0.1, 0.15) is 10.9 Å². The summed E-state index contributed by atoms with van der Waals surface area (Å²) >= 11 is 1.30. The van der Waals surface area contributed by atoms with Gasteiger partial charge >= 0.3 is 0 Å². The van der Waals surface area contributed by atoms with Gasteiger partial charge in [-0.15, -0.1) is 5.10 Å². The SMILES string of the molecule is C[C@H](N)c1nc(C2CC2)nn1-c1ncc(C#N)s1. The van der Waals surface area contributed by atoms with Gasteiger partial charge < -0.3 is 5.73 Å². The van der Waals surface area contributed by atoms with E-state index in [1.165, 1.54) is 11.3 Å². The van der Waals surface area contributed by atoms with Crippen LogP contribution in [0, 0.1) is 11.3 Å². The summed E-state index contributed by atoms with van der Waals surface area (Å²) in [7, 11) is 0. The lowest BCUT2D eigenvalue weighted by molar-refractivity contribution is 0.687. The lowest BCUT2D eigenvalue weighted by Crippen LogP contribution is -2.13. The van der Waals surface area contributed by atoms with Gasteiger partial charge in [-0.1, -0.05) is 11.3 Å². The van der Waals surface area contributed by atoms with Crippen molar-refractivity contribution in [1.29, 1.82) is 5.26 Å². The topological polar surface area (TPSA) is 93.4 Å². The molecule has 92 valence electrons. The Bertz CT molecular complexity index is 616. The minimum absolute atomic E-state index is 0.209. The number of rotatable bonds is 3. The van der Waals surface area contributed by atoms with Crippen molar-refractivity contribution in [2.24, 2.45) is 5.73 Å². The van der Waals surface area contributed by atoms with Crippen LogP contribution in [0.5, 0.6) is 0 Å². The van der Waals surface area contributed by atoms with Crippen molar-refractivity contribution >= 4 is 11.3 Å². The van der Waals surface area contributed by atoms with Crippen LogP contribution >= 0.6 is 11.3 Å². The summed E-state index contributed by atoms with van der Waals surface area (Å²) in [5.41, 5.74) is 5.91. The quantitative estimate of drug-likeness (QED) is 0.902. The summed E-state index contributed by atoms with van der Waals surface area (Å²) in [5.74, 6) is 2.02. The molecule has 2 aromatic heterocycles. The molecule has 0 aromatic carbocycles. The Labute approximate surface area is 108 Å². The number of hydrogen-bond acceptors (Lipinski definition) is 6. The third-order valence-corrected chi connectivity index (χ3v) is 3.66. The van der Waals surface area contributed by atoms with Gasteiger partial charge in [-0.2, -0.15) is 9.94 Å². The van der Waals surface area contributed by atoms with Gasteiger partial charge in [0.15, 0.2) is 11.6 Å². The number of nitrogens with two attached hydrogens (primary N) is 1. The number of aromatic nitrogens is 4. The third-order valence-electron chi connectivity index (χ3n) is 2.78. The molecule has 0 aliphatic heterocycles. The standard InChI is InChI=1S/C11H12N6S/c1-6(13)10-15-9(7-2-3-7)16-17(10)11-14-5-8(4-12)18-11/h5-7H,2-3,13H2,1H3/t6-/m0/s1. The highest BCUT2D eigenvalue weighted by Crippen LogP contribution is 2.38. The second-order valence-corrected chi connectivity index (χ2v) is 5.43. The van der Waals surface area contributed by atoms with Crippen molar-refractivity contribution in [1.82, 2.24) is 19.7 Å². The Morgan fingerprint density at radius 2 is 2.39 bits per heavy atom. The first-order valence-corrected chi connectivity index (χ1v) is 6.59. The molecule has 6 nitrogen and oxygen atoms in total. The number of nitrogens with zero attached hydrogens (tertiary/aromatic N) is 5. The van der Waals surface area contributed by atoms with E-state index < -0.39 is 0 Å². The van der Waals surface area contributed by atoms with Gasteiger partial charge in [-0.05, 0) is 19.8 Å². The zero-order valence-electron chi connectivity index (χ0n) is 9.87. The molecule has 0 radical (unpaired) electrons. The highest BCUT2D eigenvalue weighted by molar-refractivity contribution is 7.14. The second kappa shape index (κ2) is 4.15. The van der Waals surface area contributed by atoms with Crippen molar-refractivity contribution in [2.45, 2.75) is 31.7 Å². The van der Waals surface area contributed by atoms with Crippen LogP contribution in [0.4, 0.5) is 0 Å². The maximum Gasteiger partial charge on any atom is 0.213 e. The van der Waals surface area contributed by atoms with Crippen LogP contribution in [0.3, 0.4) is 0 Å². The molecule has 2 N–H and O–H groups in total. The van der Waals surface area contributed by atoms with Crippen LogP contribution in [-0.2, 0) is 0 Å². The van der Waals surface area contributed by atoms with Crippen molar-refractivity contribution in [2.75, 3.05) is 0 Å². The molecule has 1 fully saturated rings. The molecular weight excluding hydrogens is 248 g/mol. The van der Waals surface area contributed by atoms with E-state index in [4.69, 9.17) is 11.0 Å². The Balaban J connectivity index is 2.06. The summed E-state index contributed by atoms with van der Waals surface area (Å²) in [6.45, 7) is 1.87. The minimum atomic E-state index is -0.209. The number of hydrogen-bond donors (Lipinski definition) is 1. The average Bonchev–Trinajstić information content (AvgIpc) is 2.94. The fourth-order valence-corrected chi connectivity index (χ4v) is 2.38. The predicted molar refractivity (Wildman–Crippen MR) is 66.3 cm³/mol. The molecule has 2 heterocycles. The smallest absolute Gasteiger partial charge is 0.213 e. The molecule has 0 bridgehead atoms. The first-order valence-electron chi connectivity index (χ1n) is 5.77. The molecule has 2 aromatic rings. The van der Waals surface area contributed by atoms with Gasteiger partial charge in [-0.3, -0.25) is 0 Å². The molecule has 18 heavy (non-hydrogen) atoms. The summed E-state index contributed by atoms with van der Waals surface area (Å²) < 4.78 is 1.67. The number of thiazole rings is 1. The zero-order valence-corrected chi connectivity index (χ0v) is 10.7. The molecule has 0 saturated heterocycles. The van der Waals surface area contributed by atoms with Gasteiger partial charge in [0.05, 0.1) is 12.2 Å². The normalized spacial score (nSPS) is 16.5. The van der Waals surface area contributed by atoms with Crippen LogP contribution in [0.1, 0.15) is 48.3 Å². The van der Waals surface area contributed by atoms with Gasteiger partial charge in [0, 0.05) is 5.92 Å². The van der Waals surface area contributed by atoms with Crippen molar-refractivity contribution in [3.8, 4) is 11.2 Å². The molecule has 3 rings (SSSR count). The largest absolute Gasteiger partial charge is 0.322 e. The van der Waals surface area contributed by atoms with E-state index >= 15 is 0 Å². The molecule has 0 amide bonds. The molecule has 1 aliphatic rings. The van der Waals surface area contributed by atoms with E-state index in [2.05, 4.69) is 21.1 Å². The molecule has 0 spiro atoms. The Hall–Kier alpha value is -1.78. The maximum absolute atomic E-state index is 8.83. The van der Waals surface area contributed by atoms with E-state index in [9.17, 15) is 0 Å². The van der Waals surface area contributed by atoms with Crippen molar-refractivity contribution in [3.63, 3.8) is 0 Å². The Morgan fingerprint density at radius 3 is 2.94 bits per heavy atom. The molecule has 1 aliphatic carbocycles. The highest BCUT2D eigenvalue weighted by Gasteiger charge is 2.30. The molecule has 0 unspecified atom stereocenters. The average molecular weight is 260 g/mol. The summed E-state index contributed by atoms with van der Waals surface area (Å²) in [6, 6.07) is 1.86. The van der Waals surface area contributed by atoms with Crippen LogP contribution in [-0.4, -0.2) is 19.7 Å². The van der Waals surface area contributed by atoms with Crippen LogP contribution in [0.15, 0.2) is 6.20 Å². The zero-order chi connectivity index (χ0) is 12.7. The second-order valence-electron chi connectivity index (χ2n) is 4.42. The Morgan fingerprint density at radius 1 is 1.61 bits per heavy atom. The van der Waals surface area contributed by atoms with E-state index in [0.29, 0.717) is 21.8 Å². The first kappa shape index (κ1) is 11.3. The lowest BCUT2D eigenvalue weighted by atomic mass is 10.3. The predicted octanol–water partition coefficient (Wildman–Crippen LogP) is 1.49. The summed E-state index contributed by atoms with van der Waals surface area (Å²) in [5, 5.41) is 14.0. The third kappa shape index (κ3) is 1.89. The fourth-order valence-electron chi connectivity index (χ4n) is 1.71.